The van der Waals surface area contributed by atoms with Crippen molar-refractivity contribution in [3.8, 4) is 0 Å². The van der Waals surface area contributed by atoms with Crippen molar-refractivity contribution in [1.29, 1.82) is 0 Å². The van der Waals surface area contributed by atoms with Crippen molar-refractivity contribution in [2.45, 2.75) is 45.1 Å². The van der Waals surface area contributed by atoms with Gasteiger partial charge in [-0.25, -0.2) is 0 Å². The van der Waals surface area contributed by atoms with E-state index in [1.807, 2.05) is 19.1 Å². The molecule has 4 heteroatoms. The lowest BCUT2D eigenvalue weighted by Crippen LogP contribution is -2.31. The SMILES string of the molecule is CC1Cc2ccnc(c2)C(N)CCCCCNC1=O. The average molecular weight is 261 g/mol. The molecule has 2 heterocycles. The third kappa shape index (κ3) is 4.03. The zero-order valence-corrected chi connectivity index (χ0v) is 11.6. The lowest BCUT2D eigenvalue weighted by atomic mass is 9.99. The Morgan fingerprint density at radius 3 is 3.05 bits per heavy atom. The number of amides is 1. The van der Waals surface area contributed by atoms with Crippen LogP contribution in [0.5, 0.6) is 0 Å². The van der Waals surface area contributed by atoms with Crippen molar-refractivity contribution in [1.82, 2.24) is 10.3 Å². The summed E-state index contributed by atoms with van der Waals surface area (Å²) in [4.78, 5) is 16.3. The first-order chi connectivity index (χ1) is 9.16. The molecule has 4 nitrogen and oxygen atoms in total. The summed E-state index contributed by atoms with van der Waals surface area (Å²) in [7, 11) is 0. The first-order valence-corrected chi connectivity index (χ1v) is 7.15. The van der Waals surface area contributed by atoms with E-state index in [9.17, 15) is 4.79 Å². The second-order valence-electron chi connectivity index (χ2n) is 5.44. The van der Waals surface area contributed by atoms with Crippen LogP contribution in [0.3, 0.4) is 0 Å². The van der Waals surface area contributed by atoms with E-state index in [2.05, 4.69) is 10.3 Å². The van der Waals surface area contributed by atoms with E-state index in [0.29, 0.717) is 0 Å². The highest BCUT2D eigenvalue weighted by Crippen LogP contribution is 2.18. The summed E-state index contributed by atoms with van der Waals surface area (Å²) in [6.45, 7) is 2.74. The van der Waals surface area contributed by atoms with Crippen LogP contribution >= 0.6 is 0 Å². The van der Waals surface area contributed by atoms with Crippen molar-refractivity contribution < 1.29 is 4.79 Å². The van der Waals surface area contributed by atoms with Crippen LogP contribution in [0.25, 0.3) is 0 Å². The Kier molecular flexibility index (Phi) is 4.91. The molecule has 0 saturated heterocycles. The van der Waals surface area contributed by atoms with E-state index in [4.69, 9.17) is 5.73 Å². The largest absolute Gasteiger partial charge is 0.356 e. The molecule has 1 amide bonds. The Morgan fingerprint density at radius 2 is 2.21 bits per heavy atom. The monoisotopic (exact) mass is 261 g/mol. The average Bonchev–Trinajstić information content (AvgIpc) is 2.42. The molecule has 2 rings (SSSR count). The molecule has 2 atom stereocenters. The summed E-state index contributed by atoms with van der Waals surface area (Å²) in [5.74, 6) is 0.133. The Hall–Kier alpha value is -1.42. The van der Waals surface area contributed by atoms with Gasteiger partial charge in [-0.2, -0.15) is 0 Å². The number of nitrogens with one attached hydrogen (secondary N) is 1. The van der Waals surface area contributed by atoms with Gasteiger partial charge in [0, 0.05) is 24.7 Å². The van der Waals surface area contributed by atoms with Gasteiger partial charge < -0.3 is 11.1 Å². The van der Waals surface area contributed by atoms with Crippen LogP contribution < -0.4 is 11.1 Å². The third-order valence-corrected chi connectivity index (χ3v) is 3.71. The zero-order chi connectivity index (χ0) is 13.7. The molecule has 2 unspecified atom stereocenters. The summed E-state index contributed by atoms with van der Waals surface area (Å²) in [6, 6.07) is 4.03. The van der Waals surface area contributed by atoms with Crippen LogP contribution in [0.1, 0.15) is 49.9 Å². The topological polar surface area (TPSA) is 68.0 Å². The highest BCUT2D eigenvalue weighted by Gasteiger charge is 2.15. The van der Waals surface area contributed by atoms with E-state index in [0.717, 1.165) is 49.9 Å². The highest BCUT2D eigenvalue weighted by molar-refractivity contribution is 5.78. The standard InChI is InChI=1S/C15H23N3O/c1-11-9-12-6-8-17-14(10-12)13(16)5-3-2-4-7-18-15(11)19/h6,8,10-11,13H,2-5,7,9,16H2,1H3,(H,18,19). The fourth-order valence-electron chi connectivity index (χ4n) is 2.47. The van der Waals surface area contributed by atoms with Gasteiger partial charge in [0.25, 0.3) is 0 Å². The van der Waals surface area contributed by atoms with E-state index < -0.39 is 0 Å². The lowest BCUT2D eigenvalue weighted by molar-refractivity contribution is -0.124. The molecule has 3 N–H and O–H groups in total. The van der Waals surface area contributed by atoms with E-state index >= 15 is 0 Å². The molecule has 0 fully saturated rings. The normalized spacial score (nSPS) is 25.7. The van der Waals surface area contributed by atoms with Crippen LogP contribution in [-0.2, 0) is 11.2 Å². The van der Waals surface area contributed by atoms with Gasteiger partial charge in [0.05, 0.1) is 5.69 Å². The number of rotatable bonds is 0. The molecule has 2 bridgehead atoms. The molecule has 0 radical (unpaired) electrons. The Bertz CT molecular complexity index is 433. The molecule has 1 aliphatic heterocycles. The predicted octanol–water partition coefficient (Wildman–Crippen LogP) is 1.95. The van der Waals surface area contributed by atoms with Gasteiger partial charge in [-0.3, -0.25) is 9.78 Å². The second kappa shape index (κ2) is 6.66. The van der Waals surface area contributed by atoms with E-state index in [-0.39, 0.29) is 17.9 Å². The smallest absolute Gasteiger partial charge is 0.223 e. The minimum absolute atomic E-state index is 0.00720. The van der Waals surface area contributed by atoms with Crippen molar-refractivity contribution >= 4 is 5.91 Å². The van der Waals surface area contributed by atoms with Crippen molar-refractivity contribution in [2.75, 3.05) is 6.54 Å². The third-order valence-electron chi connectivity index (χ3n) is 3.71. The first-order valence-electron chi connectivity index (χ1n) is 7.15. The van der Waals surface area contributed by atoms with Crippen LogP contribution in [0.15, 0.2) is 18.3 Å². The molecule has 0 aliphatic carbocycles. The maximum absolute atomic E-state index is 11.9. The molecule has 104 valence electrons. The number of carbonyl (C=O) groups is 1. The van der Waals surface area contributed by atoms with Crippen molar-refractivity contribution in [3.63, 3.8) is 0 Å². The number of nitrogens with two attached hydrogens (primary N) is 1. The minimum Gasteiger partial charge on any atom is -0.356 e. The summed E-state index contributed by atoms with van der Waals surface area (Å²) >= 11 is 0. The molecule has 1 aliphatic rings. The Morgan fingerprint density at radius 1 is 1.37 bits per heavy atom. The van der Waals surface area contributed by atoms with Crippen molar-refractivity contribution in [2.24, 2.45) is 11.7 Å². The molecular formula is C15H23N3O. The van der Waals surface area contributed by atoms with Crippen LogP contribution in [0.2, 0.25) is 0 Å². The van der Waals surface area contributed by atoms with Gasteiger partial charge in [0.1, 0.15) is 0 Å². The number of hydrogen-bond donors (Lipinski definition) is 2. The minimum atomic E-state index is -0.00720. The Labute approximate surface area is 114 Å². The zero-order valence-electron chi connectivity index (χ0n) is 11.6. The molecule has 1 aromatic heterocycles. The van der Waals surface area contributed by atoms with Crippen molar-refractivity contribution in [3.05, 3.63) is 29.6 Å². The lowest BCUT2D eigenvalue weighted by Gasteiger charge is -2.13. The van der Waals surface area contributed by atoms with Gasteiger partial charge >= 0.3 is 0 Å². The fraction of sp³-hybridized carbons (Fsp3) is 0.600. The number of aromatic nitrogens is 1. The predicted molar refractivity (Wildman–Crippen MR) is 75.5 cm³/mol. The maximum Gasteiger partial charge on any atom is 0.223 e. The summed E-state index contributed by atoms with van der Waals surface area (Å²) in [5, 5.41) is 3.00. The number of pyridine rings is 1. The molecule has 0 aromatic carbocycles. The quantitative estimate of drug-likeness (QED) is 0.750. The highest BCUT2D eigenvalue weighted by atomic mass is 16.1. The second-order valence-corrected chi connectivity index (χ2v) is 5.44. The molecule has 1 aromatic rings. The van der Waals surface area contributed by atoms with Crippen LogP contribution in [-0.4, -0.2) is 17.4 Å². The number of nitrogens with zero attached hydrogens (tertiary/aromatic N) is 1. The van der Waals surface area contributed by atoms with Gasteiger partial charge in [0.2, 0.25) is 5.91 Å². The summed E-state index contributed by atoms with van der Waals surface area (Å²) in [6.07, 6.45) is 6.71. The molecule has 19 heavy (non-hydrogen) atoms. The first kappa shape index (κ1) is 14.0. The Balaban J connectivity index is 2.16. The molecule has 0 spiro atoms. The molecule has 0 saturated carbocycles. The van der Waals surface area contributed by atoms with Gasteiger partial charge in [0.15, 0.2) is 0 Å². The van der Waals surface area contributed by atoms with Crippen LogP contribution in [0.4, 0.5) is 0 Å². The number of carbonyl (C=O) groups excluding carboxylic acids is 1. The number of fused-ring (bicyclic) bond motifs is 2. The van der Waals surface area contributed by atoms with E-state index in [1.165, 1.54) is 0 Å². The van der Waals surface area contributed by atoms with Crippen LogP contribution in [0, 0.1) is 5.92 Å². The maximum atomic E-state index is 11.9. The van der Waals surface area contributed by atoms with Gasteiger partial charge in [-0.1, -0.05) is 19.8 Å². The van der Waals surface area contributed by atoms with Gasteiger partial charge in [-0.15, -0.1) is 0 Å². The fourth-order valence-corrected chi connectivity index (χ4v) is 2.47. The van der Waals surface area contributed by atoms with Gasteiger partial charge in [-0.05, 0) is 37.0 Å². The number of hydrogen-bond acceptors (Lipinski definition) is 3. The summed E-state index contributed by atoms with van der Waals surface area (Å²) in [5.41, 5.74) is 8.26. The molecular weight excluding hydrogens is 238 g/mol. The summed E-state index contributed by atoms with van der Waals surface area (Å²) < 4.78 is 0. The van der Waals surface area contributed by atoms with E-state index in [1.54, 1.807) is 6.20 Å².